The van der Waals surface area contributed by atoms with Gasteiger partial charge in [-0.2, -0.15) is 9.61 Å². The van der Waals surface area contributed by atoms with Crippen molar-refractivity contribution in [3.8, 4) is 22.0 Å². The van der Waals surface area contributed by atoms with Gasteiger partial charge in [0.05, 0.1) is 4.92 Å². The highest BCUT2D eigenvalue weighted by atomic mass is 32.1. The first-order chi connectivity index (χ1) is 11.6. The molecule has 0 saturated carbocycles. The van der Waals surface area contributed by atoms with Crippen LogP contribution in [0.15, 0.2) is 48.5 Å². The SMILES string of the molecule is Cc1cccc(-c2nnc3sc(-c4cccc([N+](=O)[O-])c4)nn23)c1. The number of nitrogens with zero attached hydrogens (tertiary/aromatic N) is 5. The summed E-state index contributed by atoms with van der Waals surface area (Å²) in [7, 11) is 0. The topological polar surface area (TPSA) is 86.2 Å². The molecule has 0 amide bonds. The van der Waals surface area contributed by atoms with Gasteiger partial charge in [-0.05, 0) is 13.0 Å². The van der Waals surface area contributed by atoms with E-state index >= 15 is 0 Å². The molecule has 0 fully saturated rings. The molecule has 0 aliphatic heterocycles. The molecule has 2 aromatic heterocycles. The van der Waals surface area contributed by atoms with Gasteiger partial charge in [-0.15, -0.1) is 10.2 Å². The lowest BCUT2D eigenvalue weighted by Crippen LogP contribution is -1.92. The molecule has 2 heterocycles. The number of rotatable bonds is 3. The van der Waals surface area contributed by atoms with Crippen LogP contribution in [0.4, 0.5) is 5.69 Å². The summed E-state index contributed by atoms with van der Waals surface area (Å²) in [4.78, 5) is 11.2. The van der Waals surface area contributed by atoms with Gasteiger partial charge in [-0.3, -0.25) is 10.1 Å². The van der Waals surface area contributed by atoms with E-state index in [-0.39, 0.29) is 5.69 Å². The van der Waals surface area contributed by atoms with Crippen molar-refractivity contribution < 1.29 is 4.92 Å². The normalized spacial score (nSPS) is 11.0. The summed E-state index contributed by atoms with van der Waals surface area (Å²) < 4.78 is 1.67. The molecule has 8 heteroatoms. The molecule has 24 heavy (non-hydrogen) atoms. The second kappa shape index (κ2) is 5.50. The maximum Gasteiger partial charge on any atom is 0.270 e. The molecule has 2 aromatic carbocycles. The minimum absolute atomic E-state index is 0.0392. The second-order valence-electron chi connectivity index (χ2n) is 5.30. The van der Waals surface area contributed by atoms with Gasteiger partial charge < -0.3 is 0 Å². The molecule has 0 N–H and O–H groups in total. The lowest BCUT2D eigenvalue weighted by atomic mass is 10.1. The molecule has 0 atom stereocenters. The van der Waals surface area contributed by atoms with E-state index in [4.69, 9.17) is 0 Å². The molecule has 0 spiro atoms. The van der Waals surface area contributed by atoms with Crippen LogP contribution in [0.5, 0.6) is 0 Å². The Balaban J connectivity index is 1.83. The lowest BCUT2D eigenvalue weighted by molar-refractivity contribution is -0.384. The van der Waals surface area contributed by atoms with Crippen molar-refractivity contribution >= 4 is 22.0 Å². The van der Waals surface area contributed by atoms with E-state index in [0.29, 0.717) is 21.4 Å². The van der Waals surface area contributed by atoms with E-state index < -0.39 is 4.92 Å². The molecule has 0 aliphatic rings. The van der Waals surface area contributed by atoms with Crippen molar-refractivity contribution in [1.29, 1.82) is 0 Å². The molecule has 0 unspecified atom stereocenters. The highest BCUT2D eigenvalue weighted by Gasteiger charge is 2.16. The number of fused-ring (bicyclic) bond motifs is 1. The lowest BCUT2D eigenvalue weighted by Gasteiger charge is -1.99. The average Bonchev–Trinajstić information content (AvgIpc) is 3.15. The van der Waals surface area contributed by atoms with Crippen LogP contribution in [0.1, 0.15) is 5.56 Å². The molecule has 7 nitrogen and oxygen atoms in total. The van der Waals surface area contributed by atoms with Crippen LogP contribution >= 0.6 is 11.3 Å². The Bertz CT molecular complexity index is 1070. The van der Waals surface area contributed by atoms with Gasteiger partial charge in [0.1, 0.15) is 5.01 Å². The van der Waals surface area contributed by atoms with Crippen molar-refractivity contribution in [1.82, 2.24) is 19.8 Å². The summed E-state index contributed by atoms with van der Waals surface area (Å²) in [6.07, 6.45) is 0. The summed E-state index contributed by atoms with van der Waals surface area (Å²) in [6, 6.07) is 14.4. The summed E-state index contributed by atoms with van der Waals surface area (Å²) >= 11 is 1.35. The summed E-state index contributed by atoms with van der Waals surface area (Å²) in [5.74, 6) is 0.654. The molecule has 4 rings (SSSR count). The van der Waals surface area contributed by atoms with Crippen LogP contribution < -0.4 is 0 Å². The molecule has 0 bridgehead atoms. The number of aromatic nitrogens is 4. The van der Waals surface area contributed by atoms with E-state index in [2.05, 4.69) is 15.3 Å². The number of aryl methyl sites for hydroxylation is 1. The van der Waals surface area contributed by atoms with Crippen molar-refractivity contribution in [3.63, 3.8) is 0 Å². The van der Waals surface area contributed by atoms with Gasteiger partial charge >= 0.3 is 0 Å². The Morgan fingerprint density at radius 3 is 2.67 bits per heavy atom. The number of non-ortho nitro benzene ring substituents is 1. The Kier molecular flexibility index (Phi) is 3.31. The fraction of sp³-hybridized carbons (Fsp3) is 0.0625. The summed E-state index contributed by atoms with van der Waals surface area (Å²) in [5.41, 5.74) is 2.78. The second-order valence-corrected chi connectivity index (χ2v) is 6.26. The number of nitro groups is 1. The minimum atomic E-state index is -0.415. The fourth-order valence-corrected chi connectivity index (χ4v) is 3.29. The van der Waals surface area contributed by atoms with Crippen molar-refractivity contribution in [2.75, 3.05) is 0 Å². The van der Waals surface area contributed by atoms with Crippen LogP contribution in [0.2, 0.25) is 0 Å². The van der Waals surface area contributed by atoms with E-state index in [1.54, 1.807) is 16.6 Å². The predicted octanol–water partition coefficient (Wildman–Crippen LogP) is 3.74. The van der Waals surface area contributed by atoms with Gasteiger partial charge in [0.2, 0.25) is 4.96 Å². The van der Waals surface area contributed by atoms with E-state index in [9.17, 15) is 10.1 Å². The maximum absolute atomic E-state index is 10.9. The first-order valence-corrected chi connectivity index (χ1v) is 7.97. The van der Waals surface area contributed by atoms with Gasteiger partial charge in [0, 0.05) is 23.3 Å². The molecule has 118 valence electrons. The van der Waals surface area contributed by atoms with Crippen molar-refractivity contribution in [3.05, 3.63) is 64.2 Å². The molecule has 4 aromatic rings. The third-order valence-electron chi connectivity index (χ3n) is 3.57. The molecule has 0 radical (unpaired) electrons. The van der Waals surface area contributed by atoms with Crippen LogP contribution in [-0.4, -0.2) is 24.7 Å². The number of hydrogen-bond donors (Lipinski definition) is 0. The van der Waals surface area contributed by atoms with E-state index in [1.165, 1.54) is 23.5 Å². The smallest absolute Gasteiger partial charge is 0.258 e. The molecule has 0 aliphatic carbocycles. The highest BCUT2D eigenvalue weighted by Crippen LogP contribution is 2.30. The zero-order valence-corrected chi connectivity index (χ0v) is 13.4. The van der Waals surface area contributed by atoms with E-state index in [1.807, 2.05) is 31.2 Å². The quantitative estimate of drug-likeness (QED) is 0.420. The van der Waals surface area contributed by atoms with Crippen LogP contribution in [0.3, 0.4) is 0 Å². The van der Waals surface area contributed by atoms with Crippen LogP contribution in [0.25, 0.3) is 26.9 Å². The summed E-state index contributed by atoms with van der Waals surface area (Å²) in [5, 5.41) is 24.5. The Morgan fingerprint density at radius 2 is 1.88 bits per heavy atom. The zero-order valence-electron chi connectivity index (χ0n) is 12.6. The highest BCUT2D eigenvalue weighted by molar-refractivity contribution is 7.19. The Labute approximate surface area is 140 Å². The third kappa shape index (κ3) is 2.42. The van der Waals surface area contributed by atoms with Crippen LogP contribution in [-0.2, 0) is 0 Å². The number of benzene rings is 2. The third-order valence-corrected chi connectivity index (χ3v) is 4.52. The number of nitro benzene ring substituents is 1. The Morgan fingerprint density at radius 1 is 1.08 bits per heavy atom. The van der Waals surface area contributed by atoms with E-state index in [0.717, 1.165) is 11.1 Å². The van der Waals surface area contributed by atoms with Gasteiger partial charge in [0.15, 0.2) is 5.82 Å². The Hall–Kier alpha value is -3.13. The van der Waals surface area contributed by atoms with Gasteiger partial charge in [-0.25, -0.2) is 0 Å². The minimum Gasteiger partial charge on any atom is -0.258 e. The average molecular weight is 337 g/mol. The molecule has 0 saturated heterocycles. The van der Waals surface area contributed by atoms with Crippen molar-refractivity contribution in [2.45, 2.75) is 6.92 Å². The zero-order chi connectivity index (χ0) is 16.7. The number of hydrogen-bond acceptors (Lipinski definition) is 6. The fourth-order valence-electron chi connectivity index (χ4n) is 2.45. The molecular weight excluding hydrogens is 326 g/mol. The first-order valence-electron chi connectivity index (χ1n) is 7.16. The monoisotopic (exact) mass is 337 g/mol. The van der Waals surface area contributed by atoms with Crippen molar-refractivity contribution in [2.24, 2.45) is 0 Å². The summed E-state index contributed by atoms with van der Waals surface area (Å²) in [6.45, 7) is 2.01. The maximum atomic E-state index is 10.9. The first kappa shape index (κ1) is 14.5. The molecular formula is C16H11N5O2S. The van der Waals surface area contributed by atoms with Crippen LogP contribution in [0, 0.1) is 17.0 Å². The standard InChI is InChI=1S/C16H11N5O2S/c1-10-4-2-5-11(8-10)14-17-18-16-20(14)19-15(24-16)12-6-3-7-13(9-12)21(22)23/h2-9H,1H3. The van der Waals surface area contributed by atoms with Gasteiger partial charge in [-0.1, -0.05) is 47.2 Å². The largest absolute Gasteiger partial charge is 0.270 e. The van der Waals surface area contributed by atoms with Gasteiger partial charge in [0.25, 0.3) is 5.69 Å². The predicted molar refractivity (Wildman–Crippen MR) is 90.9 cm³/mol.